The predicted molar refractivity (Wildman–Crippen MR) is 109 cm³/mol. The second-order valence-electron chi connectivity index (χ2n) is 7.00. The summed E-state index contributed by atoms with van der Waals surface area (Å²) in [7, 11) is -3.43. The van der Waals surface area contributed by atoms with Crippen LogP contribution in [0.15, 0.2) is 42.5 Å². The molecule has 1 saturated heterocycles. The van der Waals surface area contributed by atoms with Crippen LogP contribution in [0, 0.1) is 12.7 Å². The minimum absolute atomic E-state index is 0.0434. The van der Waals surface area contributed by atoms with Gasteiger partial charge in [0.15, 0.2) is 0 Å². The fourth-order valence-corrected chi connectivity index (χ4v) is 5.89. The van der Waals surface area contributed by atoms with Gasteiger partial charge in [0.25, 0.3) is 5.19 Å². The maximum atomic E-state index is 13.0. The summed E-state index contributed by atoms with van der Waals surface area (Å²) in [4.78, 5) is 4.57. The molecular formula is C20H21FN2O3S2. The molecular weight excluding hydrogens is 399 g/mol. The van der Waals surface area contributed by atoms with Crippen LogP contribution in [0.4, 0.5) is 4.39 Å². The third-order valence-electron chi connectivity index (χ3n) is 4.93. The Morgan fingerprint density at radius 3 is 2.57 bits per heavy atom. The van der Waals surface area contributed by atoms with Crippen LogP contribution in [0.5, 0.6) is 5.19 Å². The minimum atomic E-state index is -3.43. The number of halogens is 1. The molecule has 0 spiro atoms. The second kappa shape index (κ2) is 7.77. The van der Waals surface area contributed by atoms with Crippen molar-refractivity contribution in [3.8, 4) is 5.19 Å². The molecule has 0 saturated carbocycles. The Kier molecular flexibility index (Phi) is 5.35. The van der Waals surface area contributed by atoms with E-state index in [2.05, 4.69) is 4.98 Å². The Morgan fingerprint density at radius 2 is 1.89 bits per heavy atom. The average Bonchev–Trinajstić information content (AvgIpc) is 3.08. The zero-order valence-electron chi connectivity index (χ0n) is 15.5. The van der Waals surface area contributed by atoms with Gasteiger partial charge in [0.2, 0.25) is 10.0 Å². The molecule has 2 aromatic carbocycles. The Morgan fingerprint density at radius 1 is 1.18 bits per heavy atom. The zero-order valence-corrected chi connectivity index (χ0v) is 17.1. The van der Waals surface area contributed by atoms with Crippen LogP contribution in [0.2, 0.25) is 0 Å². The highest BCUT2D eigenvalue weighted by atomic mass is 32.2. The maximum absolute atomic E-state index is 13.0. The molecule has 1 fully saturated rings. The number of piperidine rings is 1. The van der Waals surface area contributed by atoms with Crippen molar-refractivity contribution in [1.82, 2.24) is 9.29 Å². The number of benzene rings is 2. The Balaban J connectivity index is 1.37. The summed E-state index contributed by atoms with van der Waals surface area (Å²) in [5.41, 5.74) is 2.66. The first-order chi connectivity index (χ1) is 13.4. The van der Waals surface area contributed by atoms with Crippen LogP contribution in [-0.4, -0.2) is 36.9 Å². The van der Waals surface area contributed by atoms with Crippen molar-refractivity contribution in [2.75, 3.05) is 13.1 Å². The summed E-state index contributed by atoms with van der Waals surface area (Å²) in [6, 6.07) is 11.6. The summed E-state index contributed by atoms with van der Waals surface area (Å²) in [6.45, 7) is 2.85. The van der Waals surface area contributed by atoms with Crippen molar-refractivity contribution < 1.29 is 17.5 Å². The first-order valence-corrected chi connectivity index (χ1v) is 11.6. The molecule has 0 aliphatic carbocycles. The number of hydrogen-bond donors (Lipinski definition) is 0. The largest absolute Gasteiger partial charge is 0.467 e. The number of sulfonamides is 1. The molecule has 0 amide bonds. The summed E-state index contributed by atoms with van der Waals surface area (Å²) in [5, 5.41) is 0.636. The van der Waals surface area contributed by atoms with Crippen molar-refractivity contribution in [2.24, 2.45) is 0 Å². The second-order valence-corrected chi connectivity index (χ2v) is 9.96. The number of thiazole rings is 1. The molecule has 28 heavy (non-hydrogen) atoms. The SMILES string of the molecule is Cc1cccc2sc(OC3CCN(S(=O)(=O)Cc4ccc(F)cc4)CC3)nc12. The van der Waals surface area contributed by atoms with Crippen molar-refractivity contribution in [3.63, 3.8) is 0 Å². The standard InChI is InChI=1S/C20H21FN2O3S2/c1-14-3-2-4-18-19(14)22-20(27-18)26-17-9-11-23(12-10-17)28(24,25)13-15-5-7-16(21)8-6-15/h2-8,17H,9-13H2,1H3. The lowest BCUT2D eigenvalue weighted by Crippen LogP contribution is -2.42. The monoisotopic (exact) mass is 420 g/mol. The van der Waals surface area contributed by atoms with E-state index in [1.54, 1.807) is 0 Å². The van der Waals surface area contributed by atoms with E-state index in [1.165, 1.54) is 39.9 Å². The molecule has 0 atom stereocenters. The van der Waals surface area contributed by atoms with Gasteiger partial charge in [0.05, 0.1) is 16.0 Å². The molecule has 2 heterocycles. The first kappa shape index (κ1) is 19.3. The molecule has 0 unspecified atom stereocenters. The quantitative estimate of drug-likeness (QED) is 0.623. The summed E-state index contributed by atoms with van der Waals surface area (Å²) in [5.74, 6) is -0.486. The van der Waals surface area contributed by atoms with E-state index in [-0.39, 0.29) is 17.7 Å². The van der Waals surface area contributed by atoms with Crippen molar-refractivity contribution in [1.29, 1.82) is 0 Å². The number of fused-ring (bicyclic) bond motifs is 1. The first-order valence-electron chi connectivity index (χ1n) is 9.16. The van der Waals surface area contributed by atoms with Gasteiger partial charge in [0.1, 0.15) is 11.9 Å². The lowest BCUT2D eigenvalue weighted by molar-refractivity contribution is 0.135. The molecule has 1 aliphatic rings. The highest BCUT2D eigenvalue weighted by molar-refractivity contribution is 7.88. The lowest BCUT2D eigenvalue weighted by atomic mass is 10.1. The fraction of sp³-hybridized carbons (Fsp3) is 0.350. The van der Waals surface area contributed by atoms with Crippen molar-refractivity contribution in [3.05, 3.63) is 59.4 Å². The van der Waals surface area contributed by atoms with Gasteiger partial charge in [-0.05, 0) is 49.1 Å². The number of hydrogen-bond acceptors (Lipinski definition) is 5. The number of rotatable bonds is 5. The molecule has 1 aromatic heterocycles. The topological polar surface area (TPSA) is 59.5 Å². The van der Waals surface area contributed by atoms with E-state index in [9.17, 15) is 12.8 Å². The van der Waals surface area contributed by atoms with Gasteiger partial charge >= 0.3 is 0 Å². The van der Waals surface area contributed by atoms with E-state index < -0.39 is 10.0 Å². The van der Waals surface area contributed by atoms with Gasteiger partial charge in [-0.25, -0.2) is 22.1 Å². The number of ether oxygens (including phenoxy) is 1. The minimum Gasteiger partial charge on any atom is -0.467 e. The van der Waals surface area contributed by atoms with Gasteiger partial charge in [-0.3, -0.25) is 0 Å². The van der Waals surface area contributed by atoms with Gasteiger partial charge < -0.3 is 4.74 Å². The normalized spacial score (nSPS) is 16.5. The number of para-hydroxylation sites is 1. The number of nitrogens with zero attached hydrogens (tertiary/aromatic N) is 2. The van der Waals surface area contributed by atoms with Crippen LogP contribution in [-0.2, 0) is 15.8 Å². The van der Waals surface area contributed by atoms with E-state index in [0.29, 0.717) is 36.7 Å². The number of aryl methyl sites for hydroxylation is 1. The molecule has 4 rings (SSSR count). The average molecular weight is 421 g/mol. The Hall–Kier alpha value is -2.03. The number of aromatic nitrogens is 1. The Labute approximate surface area is 167 Å². The Bertz CT molecular complexity index is 1070. The van der Waals surface area contributed by atoms with Crippen molar-refractivity contribution in [2.45, 2.75) is 31.6 Å². The van der Waals surface area contributed by atoms with Crippen LogP contribution in [0.25, 0.3) is 10.2 Å². The van der Waals surface area contributed by atoms with E-state index >= 15 is 0 Å². The van der Waals surface area contributed by atoms with Crippen LogP contribution in [0.1, 0.15) is 24.0 Å². The molecule has 5 nitrogen and oxygen atoms in total. The zero-order chi connectivity index (χ0) is 19.7. The summed E-state index contributed by atoms with van der Waals surface area (Å²) < 4.78 is 46.9. The predicted octanol–water partition coefficient (Wildman–Crippen LogP) is 4.12. The van der Waals surface area contributed by atoms with E-state index in [1.807, 2.05) is 25.1 Å². The molecule has 148 valence electrons. The van der Waals surface area contributed by atoms with Crippen LogP contribution < -0.4 is 4.74 Å². The van der Waals surface area contributed by atoms with Crippen LogP contribution in [0.3, 0.4) is 0 Å². The maximum Gasteiger partial charge on any atom is 0.274 e. The molecule has 1 aliphatic heterocycles. The highest BCUT2D eigenvalue weighted by Crippen LogP contribution is 2.31. The smallest absolute Gasteiger partial charge is 0.274 e. The molecule has 0 radical (unpaired) electrons. The third kappa shape index (κ3) is 4.19. The summed E-state index contributed by atoms with van der Waals surface area (Å²) in [6.07, 6.45) is 1.20. The third-order valence-corrected chi connectivity index (χ3v) is 7.69. The lowest BCUT2D eigenvalue weighted by Gasteiger charge is -2.30. The van der Waals surface area contributed by atoms with Crippen LogP contribution >= 0.6 is 11.3 Å². The molecule has 0 bridgehead atoms. The van der Waals surface area contributed by atoms with Gasteiger partial charge in [-0.2, -0.15) is 0 Å². The molecule has 3 aromatic rings. The highest BCUT2D eigenvalue weighted by Gasteiger charge is 2.29. The van der Waals surface area contributed by atoms with Gasteiger partial charge in [-0.1, -0.05) is 35.6 Å². The summed E-state index contributed by atoms with van der Waals surface area (Å²) >= 11 is 1.52. The molecule has 8 heteroatoms. The van der Waals surface area contributed by atoms with Crippen molar-refractivity contribution >= 4 is 31.6 Å². The molecule has 0 N–H and O–H groups in total. The van der Waals surface area contributed by atoms with E-state index in [4.69, 9.17) is 4.74 Å². The van der Waals surface area contributed by atoms with E-state index in [0.717, 1.165) is 15.8 Å². The van der Waals surface area contributed by atoms with Gasteiger partial charge in [-0.15, -0.1) is 0 Å². The fourth-order valence-electron chi connectivity index (χ4n) is 3.37. The van der Waals surface area contributed by atoms with Gasteiger partial charge in [0, 0.05) is 13.1 Å².